The molecule has 3 nitrogen and oxygen atoms in total. The summed E-state index contributed by atoms with van der Waals surface area (Å²) in [6.45, 7) is 0.776. The third kappa shape index (κ3) is 4.17. The van der Waals surface area contributed by atoms with Gasteiger partial charge in [-0.25, -0.2) is 4.98 Å². The Kier molecular flexibility index (Phi) is 5.22. The predicted octanol–water partition coefficient (Wildman–Crippen LogP) is 4.24. The van der Waals surface area contributed by atoms with E-state index in [-0.39, 0.29) is 5.91 Å². The van der Waals surface area contributed by atoms with Crippen molar-refractivity contribution in [3.8, 4) is 0 Å². The quantitative estimate of drug-likeness (QED) is 0.811. The van der Waals surface area contributed by atoms with Gasteiger partial charge in [-0.15, -0.1) is 11.3 Å². The number of thiazole rings is 1. The van der Waals surface area contributed by atoms with Gasteiger partial charge in [0.15, 0.2) is 0 Å². The van der Waals surface area contributed by atoms with Gasteiger partial charge in [0.05, 0.1) is 15.7 Å². The van der Waals surface area contributed by atoms with Crippen LogP contribution in [0.4, 0.5) is 0 Å². The van der Waals surface area contributed by atoms with Crippen molar-refractivity contribution in [2.24, 2.45) is 0 Å². The molecule has 1 aromatic carbocycles. The van der Waals surface area contributed by atoms with Gasteiger partial charge in [0, 0.05) is 13.0 Å². The molecule has 0 fully saturated rings. The molecule has 4 heteroatoms. The Morgan fingerprint density at radius 1 is 1.27 bits per heavy atom. The van der Waals surface area contributed by atoms with E-state index in [0.29, 0.717) is 6.42 Å². The van der Waals surface area contributed by atoms with Crippen molar-refractivity contribution in [1.82, 2.24) is 10.3 Å². The van der Waals surface area contributed by atoms with E-state index in [1.807, 2.05) is 11.6 Å². The van der Waals surface area contributed by atoms with Crippen molar-refractivity contribution in [3.63, 3.8) is 0 Å². The van der Waals surface area contributed by atoms with Gasteiger partial charge in [0.25, 0.3) is 0 Å². The third-order valence-corrected chi connectivity index (χ3v) is 4.98. The van der Waals surface area contributed by atoms with E-state index in [9.17, 15) is 4.79 Å². The van der Waals surface area contributed by atoms with Gasteiger partial charge in [-0.3, -0.25) is 4.79 Å². The Bertz CT molecular complexity index is 675. The Balaban J connectivity index is 1.40. The van der Waals surface area contributed by atoms with Crippen LogP contribution in [0.3, 0.4) is 0 Å². The third-order valence-electron chi connectivity index (χ3n) is 4.19. The van der Waals surface area contributed by atoms with Crippen LogP contribution in [0.15, 0.2) is 35.4 Å². The molecule has 116 valence electrons. The molecule has 22 heavy (non-hydrogen) atoms. The first-order valence-electron chi connectivity index (χ1n) is 8.08. The summed E-state index contributed by atoms with van der Waals surface area (Å²) in [6, 6.07) is 6.25. The van der Waals surface area contributed by atoms with Crippen molar-refractivity contribution in [3.05, 3.63) is 40.9 Å². The summed E-state index contributed by atoms with van der Waals surface area (Å²) in [7, 11) is 0. The number of aryl methyl sites for hydroxylation is 1. The van der Waals surface area contributed by atoms with Crippen LogP contribution in [0, 0.1) is 0 Å². The van der Waals surface area contributed by atoms with Gasteiger partial charge in [-0.2, -0.15) is 0 Å². The van der Waals surface area contributed by atoms with Crippen LogP contribution in [0.1, 0.15) is 44.1 Å². The van der Waals surface area contributed by atoms with E-state index in [1.165, 1.54) is 41.5 Å². The molecule has 3 rings (SSSR count). The minimum atomic E-state index is 0.154. The number of hydrogen-bond acceptors (Lipinski definition) is 3. The topological polar surface area (TPSA) is 42.0 Å². The zero-order valence-corrected chi connectivity index (χ0v) is 13.6. The minimum Gasteiger partial charge on any atom is -0.356 e. The first kappa shape index (κ1) is 15.2. The normalized spacial score (nSPS) is 14.8. The molecule has 0 aliphatic heterocycles. The highest BCUT2D eigenvalue weighted by Crippen LogP contribution is 2.20. The van der Waals surface area contributed by atoms with Gasteiger partial charge in [0.2, 0.25) is 5.91 Å². The molecule has 1 N–H and O–H groups in total. The molecule has 1 heterocycles. The summed E-state index contributed by atoms with van der Waals surface area (Å²) in [5.41, 5.74) is 5.63. The summed E-state index contributed by atoms with van der Waals surface area (Å²) in [6.07, 6.45) is 9.76. The number of fused-ring (bicyclic) bond motifs is 1. The van der Waals surface area contributed by atoms with E-state index < -0.39 is 0 Å². The number of nitrogens with one attached hydrogen (secondary N) is 1. The number of nitrogens with zero attached hydrogens (tertiary/aromatic N) is 1. The molecule has 0 spiro atoms. The van der Waals surface area contributed by atoms with Crippen LogP contribution in [-0.2, 0) is 11.2 Å². The fraction of sp³-hybridized carbons (Fsp3) is 0.444. The molecular formula is C18H22N2OS. The van der Waals surface area contributed by atoms with Crippen molar-refractivity contribution in [1.29, 1.82) is 0 Å². The van der Waals surface area contributed by atoms with Crippen LogP contribution in [-0.4, -0.2) is 17.4 Å². The fourth-order valence-electron chi connectivity index (χ4n) is 2.90. The number of allylic oxidation sites excluding steroid dienone is 1. The van der Waals surface area contributed by atoms with Gasteiger partial charge >= 0.3 is 0 Å². The lowest BCUT2D eigenvalue weighted by molar-refractivity contribution is -0.121. The fourth-order valence-corrected chi connectivity index (χ4v) is 3.64. The molecule has 0 saturated carbocycles. The van der Waals surface area contributed by atoms with Crippen LogP contribution in [0.25, 0.3) is 10.2 Å². The molecular weight excluding hydrogens is 292 g/mol. The van der Waals surface area contributed by atoms with Crippen molar-refractivity contribution < 1.29 is 4.79 Å². The lowest BCUT2D eigenvalue weighted by atomic mass is 9.97. The summed E-state index contributed by atoms with van der Waals surface area (Å²) in [5, 5.41) is 3.04. The number of aromatic nitrogens is 1. The standard InChI is InChI=1S/C18H22N2OS/c21-18(19-11-10-14-4-2-1-3-5-14)9-7-15-6-8-16-17(12-15)22-13-20-16/h4,6,8,12-13H,1-3,5,7,9-11H2,(H,19,21). The van der Waals surface area contributed by atoms with E-state index in [1.54, 1.807) is 11.3 Å². The first-order valence-corrected chi connectivity index (χ1v) is 8.96. The van der Waals surface area contributed by atoms with Gasteiger partial charge < -0.3 is 5.32 Å². The first-order chi connectivity index (χ1) is 10.8. The second-order valence-corrected chi connectivity index (χ2v) is 6.75. The smallest absolute Gasteiger partial charge is 0.220 e. The number of carbonyl (C=O) groups excluding carboxylic acids is 1. The van der Waals surface area contributed by atoms with Gasteiger partial charge in [-0.05, 0) is 56.2 Å². The summed E-state index contributed by atoms with van der Waals surface area (Å²) in [4.78, 5) is 16.2. The minimum absolute atomic E-state index is 0.154. The molecule has 2 aromatic rings. The van der Waals surface area contributed by atoms with E-state index in [2.05, 4.69) is 28.5 Å². The maximum absolute atomic E-state index is 11.9. The van der Waals surface area contributed by atoms with Crippen LogP contribution < -0.4 is 5.32 Å². The van der Waals surface area contributed by atoms with Gasteiger partial charge in [-0.1, -0.05) is 17.7 Å². The maximum Gasteiger partial charge on any atom is 0.220 e. The average Bonchev–Trinajstić information content (AvgIpc) is 3.01. The Hall–Kier alpha value is -1.68. The molecule has 1 amide bonds. The van der Waals surface area contributed by atoms with E-state index in [4.69, 9.17) is 0 Å². The van der Waals surface area contributed by atoms with Crippen molar-refractivity contribution >= 4 is 27.5 Å². The highest BCUT2D eigenvalue weighted by molar-refractivity contribution is 7.16. The van der Waals surface area contributed by atoms with Gasteiger partial charge in [0.1, 0.15) is 0 Å². The van der Waals surface area contributed by atoms with E-state index in [0.717, 1.165) is 24.9 Å². The highest BCUT2D eigenvalue weighted by atomic mass is 32.1. The van der Waals surface area contributed by atoms with Crippen molar-refractivity contribution in [2.45, 2.75) is 44.9 Å². The SMILES string of the molecule is O=C(CCc1ccc2ncsc2c1)NCCC1=CCCCC1. The largest absolute Gasteiger partial charge is 0.356 e. The van der Waals surface area contributed by atoms with Crippen LogP contribution in [0.5, 0.6) is 0 Å². The molecule has 0 radical (unpaired) electrons. The number of amides is 1. The lowest BCUT2D eigenvalue weighted by Gasteiger charge is -2.12. The predicted molar refractivity (Wildman–Crippen MR) is 92.1 cm³/mol. The Morgan fingerprint density at radius 2 is 2.23 bits per heavy atom. The lowest BCUT2D eigenvalue weighted by Crippen LogP contribution is -2.25. The number of carbonyl (C=O) groups is 1. The number of rotatable bonds is 6. The highest BCUT2D eigenvalue weighted by Gasteiger charge is 2.06. The number of hydrogen-bond donors (Lipinski definition) is 1. The maximum atomic E-state index is 11.9. The molecule has 0 atom stereocenters. The second kappa shape index (κ2) is 7.54. The summed E-state index contributed by atoms with van der Waals surface area (Å²) < 4.78 is 1.20. The monoisotopic (exact) mass is 314 g/mol. The van der Waals surface area contributed by atoms with Crippen molar-refractivity contribution in [2.75, 3.05) is 6.54 Å². The molecule has 1 aromatic heterocycles. The summed E-state index contributed by atoms with van der Waals surface area (Å²) >= 11 is 1.65. The average molecular weight is 314 g/mol. The zero-order valence-electron chi connectivity index (χ0n) is 12.8. The molecule has 1 aliphatic carbocycles. The van der Waals surface area contributed by atoms with E-state index >= 15 is 0 Å². The van der Waals surface area contributed by atoms with Crippen LogP contribution in [0.2, 0.25) is 0 Å². The Morgan fingerprint density at radius 3 is 3.09 bits per heavy atom. The molecule has 0 bridgehead atoms. The summed E-state index contributed by atoms with van der Waals surface area (Å²) in [5.74, 6) is 0.154. The number of benzene rings is 1. The zero-order chi connectivity index (χ0) is 15.2. The molecule has 1 aliphatic rings. The second-order valence-electron chi connectivity index (χ2n) is 5.86. The van der Waals surface area contributed by atoms with Crippen LogP contribution >= 0.6 is 11.3 Å². The molecule has 0 saturated heterocycles. The molecule has 0 unspecified atom stereocenters. The Labute approximate surface area is 135 Å².